The van der Waals surface area contributed by atoms with E-state index in [1.165, 1.54) is 18.2 Å². The van der Waals surface area contributed by atoms with Crippen molar-refractivity contribution in [3.8, 4) is 0 Å². The van der Waals surface area contributed by atoms with Crippen LogP contribution in [-0.4, -0.2) is 27.1 Å². The summed E-state index contributed by atoms with van der Waals surface area (Å²) in [4.78, 5) is 30.6. The van der Waals surface area contributed by atoms with E-state index in [0.29, 0.717) is 4.47 Å². The van der Waals surface area contributed by atoms with Gasteiger partial charge in [-0.1, -0.05) is 31.9 Å². The molecule has 0 amide bonds. The van der Waals surface area contributed by atoms with Gasteiger partial charge >= 0.3 is 11.9 Å². The molecule has 0 saturated heterocycles. The molecule has 0 aliphatic rings. The van der Waals surface area contributed by atoms with Gasteiger partial charge in [0.2, 0.25) is 0 Å². The summed E-state index contributed by atoms with van der Waals surface area (Å²) >= 11 is 6.19. The van der Waals surface area contributed by atoms with Crippen molar-refractivity contribution >= 4 is 55.2 Å². The standard InChI is InChI=1S/C7H4BrNO4.C7H6BrNO2/c8-4-1-2-5(7(10)11)6(3-4)9(12)13;8-4-1-2-5(7(10)11)6(9)3-4/h1-3H,(H,10,11);1-3H,9H2,(H,10,11). The number of carboxylic acids is 2. The third kappa shape index (κ3) is 5.32. The van der Waals surface area contributed by atoms with Crippen molar-refractivity contribution in [2.24, 2.45) is 0 Å². The lowest BCUT2D eigenvalue weighted by molar-refractivity contribution is -0.385. The van der Waals surface area contributed by atoms with Crippen LogP contribution in [0.2, 0.25) is 0 Å². The first-order valence-electron chi connectivity index (χ1n) is 6.09. The van der Waals surface area contributed by atoms with Crippen LogP contribution in [0.25, 0.3) is 0 Å². The second-order valence-electron chi connectivity index (χ2n) is 4.26. The number of carboxylic acid groups (broad SMARTS) is 2. The number of halogens is 2. The number of hydrogen-bond acceptors (Lipinski definition) is 5. The molecule has 2 aromatic rings. The Morgan fingerprint density at radius 1 is 0.958 bits per heavy atom. The van der Waals surface area contributed by atoms with Crippen molar-refractivity contribution in [1.82, 2.24) is 0 Å². The summed E-state index contributed by atoms with van der Waals surface area (Å²) in [6.45, 7) is 0. The predicted octanol–water partition coefficient (Wildman–Crippen LogP) is 3.79. The molecule has 0 bridgehead atoms. The lowest BCUT2D eigenvalue weighted by atomic mass is 10.2. The molecule has 0 unspecified atom stereocenters. The van der Waals surface area contributed by atoms with Crippen molar-refractivity contribution in [2.75, 3.05) is 5.73 Å². The van der Waals surface area contributed by atoms with Gasteiger partial charge in [-0.3, -0.25) is 10.1 Å². The van der Waals surface area contributed by atoms with E-state index < -0.39 is 22.5 Å². The zero-order valence-corrected chi connectivity index (χ0v) is 14.9. The minimum Gasteiger partial charge on any atom is -0.478 e. The van der Waals surface area contributed by atoms with E-state index in [2.05, 4.69) is 31.9 Å². The normalized spacial score (nSPS) is 9.58. The number of nitrogens with two attached hydrogens (primary N) is 1. The van der Waals surface area contributed by atoms with Crippen molar-refractivity contribution in [2.45, 2.75) is 0 Å². The number of benzene rings is 2. The van der Waals surface area contributed by atoms with E-state index >= 15 is 0 Å². The maximum atomic E-state index is 10.5. The summed E-state index contributed by atoms with van der Waals surface area (Å²) in [5, 5.41) is 27.5. The largest absolute Gasteiger partial charge is 0.478 e. The van der Waals surface area contributed by atoms with Crippen LogP contribution in [0.1, 0.15) is 20.7 Å². The van der Waals surface area contributed by atoms with Crippen LogP contribution in [0.5, 0.6) is 0 Å². The minimum atomic E-state index is -1.31. The van der Waals surface area contributed by atoms with Crippen LogP contribution in [0, 0.1) is 10.1 Å². The average molecular weight is 462 g/mol. The van der Waals surface area contributed by atoms with Gasteiger partial charge in [0.05, 0.1) is 10.5 Å². The Morgan fingerprint density at radius 3 is 1.83 bits per heavy atom. The molecule has 4 N–H and O–H groups in total. The van der Waals surface area contributed by atoms with Crippen LogP contribution in [0.4, 0.5) is 11.4 Å². The van der Waals surface area contributed by atoms with E-state index in [-0.39, 0.29) is 16.8 Å². The molecule has 0 atom stereocenters. The van der Waals surface area contributed by atoms with Gasteiger partial charge in [0.15, 0.2) is 0 Å². The lowest BCUT2D eigenvalue weighted by Gasteiger charge is -1.99. The van der Waals surface area contributed by atoms with E-state index in [1.807, 2.05) is 0 Å². The Balaban J connectivity index is 0.000000243. The van der Waals surface area contributed by atoms with E-state index in [4.69, 9.17) is 15.9 Å². The van der Waals surface area contributed by atoms with E-state index in [9.17, 15) is 19.7 Å². The van der Waals surface area contributed by atoms with Gasteiger partial charge in [-0.2, -0.15) is 0 Å². The fourth-order valence-corrected chi connectivity index (χ4v) is 2.29. The van der Waals surface area contributed by atoms with Gasteiger partial charge in [0, 0.05) is 20.7 Å². The zero-order valence-electron chi connectivity index (χ0n) is 11.8. The first-order chi connectivity index (χ1) is 11.1. The monoisotopic (exact) mass is 460 g/mol. The minimum absolute atomic E-state index is 0.133. The van der Waals surface area contributed by atoms with Crippen molar-refractivity contribution in [3.63, 3.8) is 0 Å². The quantitative estimate of drug-likeness (QED) is 0.358. The van der Waals surface area contributed by atoms with Gasteiger partial charge < -0.3 is 15.9 Å². The zero-order chi connectivity index (χ0) is 18.4. The SMILES string of the molecule is Nc1cc(Br)ccc1C(=O)O.O=C(O)c1ccc(Br)cc1[N+](=O)[O-]. The predicted molar refractivity (Wildman–Crippen MR) is 93.3 cm³/mol. The number of nitro benzene ring substituents is 1. The second-order valence-corrected chi connectivity index (χ2v) is 6.09. The highest BCUT2D eigenvalue weighted by atomic mass is 79.9. The van der Waals surface area contributed by atoms with Crippen LogP contribution in [0.15, 0.2) is 45.3 Å². The van der Waals surface area contributed by atoms with Gasteiger partial charge in [-0.15, -0.1) is 0 Å². The maximum absolute atomic E-state index is 10.5. The van der Waals surface area contributed by atoms with Gasteiger partial charge in [-0.05, 0) is 30.3 Å². The van der Waals surface area contributed by atoms with Crippen molar-refractivity contribution in [1.29, 1.82) is 0 Å². The molecular weight excluding hydrogens is 452 g/mol. The summed E-state index contributed by atoms with van der Waals surface area (Å²) in [6, 6.07) is 8.44. The molecule has 0 aliphatic heterocycles. The van der Waals surface area contributed by atoms with E-state index in [1.54, 1.807) is 12.1 Å². The number of nitro groups is 1. The number of aromatic carboxylic acids is 2. The third-order valence-electron chi connectivity index (χ3n) is 2.63. The average Bonchev–Trinajstić information content (AvgIpc) is 2.46. The van der Waals surface area contributed by atoms with E-state index in [0.717, 1.165) is 10.5 Å². The molecule has 0 fully saturated rings. The molecule has 126 valence electrons. The van der Waals surface area contributed by atoms with Gasteiger partial charge in [-0.25, -0.2) is 9.59 Å². The molecule has 0 radical (unpaired) electrons. The summed E-state index contributed by atoms with van der Waals surface area (Å²) in [7, 11) is 0. The molecule has 0 heterocycles. The first kappa shape index (κ1) is 19.6. The molecule has 0 aliphatic carbocycles. The molecule has 2 aromatic carbocycles. The van der Waals surface area contributed by atoms with Crippen molar-refractivity contribution < 1.29 is 24.7 Å². The molecule has 0 spiro atoms. The van der Waals surface area contributed by atoms with Crippen molar-refractivity contribution in [3.05, 3.63) is 66.6 Å². The highest BCUT2D eigenvalue weighted by Crippen LogP contribution is 2.23. The highest BCUT2D eigenvalue weighted by Gasteiger charge is 2.19. The molecule has 0 saturated carbocycles. The lowest BCUT2D eigenvalue weighted by Crippen LogP contribution is -2.02. The Kier molecular flexibility index (Phi) is 6.86. The fraction of sp³-hybridized carbons (Fsp3) is 0. The topological polar surface area (TPSA) is 144 Å². The van der Waals surface area contributed by atoms with Gasteiger partial charge in [0.25, 0.3) is 5.69 Å². The Bertz CT molecular complexity index is 810. The number of nitrogens with zero attached hydrogens (tertiary/aromatic N) is 1. The third-order valence-corrected chi connectivity index (χ3v) is 3.62. The van der Waals surface area contributed by atoms with Crippen LogP contribution >= 0.6 is 31.9 Å². The van der Waals surface area contributed by atoms with Crippen LogP contribution in [0.3, 0.4) is 0 Å². The molecule has 0 aromatic heterocycles. The summed E-state index contributed by atoms with van der Waals surface area (Å²) in [5.74, 6) is -2.31. The summed E-state index contributed by atoms with van der Waals surface area (Å²) < 4.78 is 1.25. The molecule has 8 nitrogen and oxygen atoms in total. The molecule has 24 heavy (non-hydrogen) atoms. The molecular formula is C14H10Br2N2O6. The number of rotatable bonds is 3. The first-order valence-corrected chi connectivity index (χ1v) is 7.67. The second kappa shape index (κ2) is 8.41. The van der Waals surface area contributed by atoms with Crippen LogP contribution < -0.4 is 5.73 Å². The summed E-state index contributed by atoms with van der Waals surface area (Å²) in [6.07, 6.45) is 0. The Hall–Kier alpha value is -2.46. The maximum Gasteiger partial charge on any atom is 0.342 e. The highest BCUT2D eigenvalue weighted by molar-refractivity contribution is 9.10. The number of carbonyl (C=O) groups is 2. The number of nitrogen functional groups attached to an aromatic ring is 1. The van der Waals surface area contributed by atoms with Gasteiger partial charge in [0.1, 0.15) is 5.56 Å². The fourth-order valence-electron chi connectivity index (χ4n) is 1.57. The molecule has 10 heteroatoms. The Labute approximate surface area is 152 Å². The smallest absolute Gasteiger partial charge is 0.342 e. The van der Waals surface area contributed by atoms with Crippen LogP contribution in [-0.2, 0) is 0 Å². The Morgan fingerprint density at radius 2 is 1.42 bits per heavy atom. The number of hydrogen-bond donors (Lipinski definition) is 3. The molecule has 2 rings (SSSR count). The number of anilines is 1. The summed E-state index contributed by atoms with van der Waals surface area (Å²) in [5.41, 5.74) is 5.09.